The van der Waals surface area contributed by atoms with Gasteiger partial charge in [0, 0.05) is 24.7 Å². The zero-order valence-corrected chi connectivity index (χ0v) is 11.9. The standard InChI is InChI=1S/C16H20N2O2/c1-16(2)11-17-9-13(20-16)10-19-15-14-6-4-3-5-12(14)7-8-18-15/h3-8,13,17H,9-11H2,1-2H3. The van der Waals surface area contributed by atoms with Crippen molar-refractivity contribution in [2.45, 2.75) is 25.6 Å². The Labute approximate surface area is 119 Å². The SMILES string of the molecule is CC1(C)CNCC(COc2nccc3ccccc23)O1. The van der Waals surface area contributed by atoms with Crippen LogP contribution in [0.5, 0.6) is 5.88 Å². The Kier molecular flexibility index (Phi) is 3.59. The van der Waals surface area contributed by atoms with Crippen LogP contribution in [0.3, 0.4) is 0 Å². The summed E-state index contributed by atoms with van der Waals surface area (Å²) in [4.78, 5) is 4.33. The van der Waals surface area contributed by atoms with E-state index in [2.05, 4.69) is 30.2 Å². The molecule has 106 valence electrons. The lowest BCUT2D eigenvalue weighted by Gasteiger charge is -2.36. The summed E-state index contributed by atoms with van der Waals surface area (Å²) in [6, 6.07) is 10.1. The van der Waals surface area contributed by atoms with Gasteiger partial charge in [0.05, 0.1) is 5.60 Å². The van der Waals surface area contributed by atoms with Gasteiger partial charge in [0.15, 0.2) is 0 Å². The molecule has 20 heavy (non-hydrogen) atoms. The third kappa shape index (κ3) is 2.92. The van der Waals surface area contributed by atoms with Crippen molar-refractivity contribution >= 4 is 10.8 Å². The fraction of sp³-hybridized carbons (Fsp3) is 0.438. The second kappa shape index (κ2) is 5.38. The monoisotopic (exact) mass is 272 g/mol. The van der Waals surface area contributed by atoms with E-state index < -0.39 is 0 Å². The van der Waals surface area contributed by atoms with Crippen LogP contribution < -0.4 is 10.1 Å². The molecule has 0 saturated carbocycles. The van der Waals surface area contributed by atoms with Gasteiger partial charge in [-0.1, -0.05) is 18.2 Å². The Morgan fingerprint density at radius 3 is 3.05 bits per heavy atom. The van der Waals surface area contributed by atoms with Crippen molar-refractivity contribution in [3.63, 3.8) is 0 Å². The first-order valence-corrected chi connectivity index (χ1v) is 6.99. The van der Waals surface area contributed by atoms with E-state index in [-0.39, 0.29) is 11.7 Å². The fourth-order valence-corrected chi connectivity index (χ4v) is 2.54. The number of nitrogens with one attached hydrogen (secondary N) is 1. The van der Waals surface area contributed by atoms with E-state index >= 15 is 0 Å². The minimum atomic E-state index is -0.140. The molecule has 1 N–H and O–H groups in total. The van der Waals surface area contributed by atoms with Gasteiger partial charge in [-0.2, -0.15) is 0 Å². The number of pyridine rings is 1. The summed E-state index contributed by atoms with van der Waals surface area (Å²) in [6.07, 6.45) is 1.83. The molecular formula is C16H20N2O2. The van der Waals surface area contributed by atoms with E-state index in [0.29, 0.717) is 12.5 Å². The first kappa shape index (κ1) is 13.3. The summed E-state index contributed by atoms with van der Waals surface area (Å²) >= 11 is 0. The van der Waals surface area contributed by atoms with Crippen molar-refractivity contribution in [3.8, 4) is 5.88 Å². The van der Waals surface area contributed by atoms with Crippen molar-refractivity contribution in [2.24, 2.45) is 0 Å². The minimum absolute atomic E-state index is 0.0551. The number of aromatic nitrogens is 1. The number of nitrogens with zero attached hydrogens (tertiary/aromatic N) is 1. The highest BCUT2D eigenvalue weighted by Gasteiger charge is 2.28. The summed E-state index contributed by atoms with van der Waals surface area (Å²) in [5.41, 5.74) is -0.140. The van der Waals surface area contributed by atoms with E-state index in [1.807, 2.05) is 24.3 Å². The number of rotatable bonds is 3. The largest absolute Gasteiger partial charge is 0.474 e. The molecule has 4 heteroatoms. The minimum Gasteiger partial charge on any atom is -0.474 e. The van der Waals surface area contributed by atoms with Crippen LogP contribution in [0.25, 0.3) is 10.8 Å². The summed E-state index contributed by atoms with van der Waals surface area (Å²) in [7, 11) is 0. The van der Waals surface area contributed by atoms with Gasteiger partial charge in [0.1, 0.15) is 12.7 Å². The van der Waals surface area contributed by atoms with E-state index in [0.717, 1.165) is 23.9 Å². The van der Waals surface area contributed by atoms with Crippen LogP contribution in [0, 0.1) is 0 Å². The average Bonchev–Trinajstić information content (AvgIpc) is 2.44. The lowest BCUT2D eigenvalue weighted by atomic mass is 10.1. The molecule has 0 bridgehead atoms. The van der Waals surface area contributed by atoms with Gasteiger partial charge in [0.2, 0.25) is 5.88 Å². The predicted octanol–water partition coefficient (Wildman–Crippen LogP) is 2.38. The van der Waals surface area contributed by atoms with Crippen LogP contribution in [-0.2, 0) is 4.74 Å². The van der Waals surface area contributed by atoms with Gasteiger partial charge < -0.3 is 14.8 Å². The van der Waals surface area contributed by atoms with Gasteiger partial charge in [-0.05, 0) is 31.4 Å². The zero-order chi connectivity index (χ0) is 14.0. The molecule has 1 atom stereocenters. The molecule has 1 unspecified atom stereocenters. The van der Waals surface area contributed by atoms with Crippen molar-refractivity contribution in [3.05, 3.63) is 36.5 Å². The van der Waals surface area contributed by atoms with Crippen molar-refractivity contribution < 1.29 is 9.47 Å². The van der Waals surface area contributed by atoms with E-state index in [1.54, 1.807) is 6.20 Å². The Bertz CT molecular complexity index is 593. The zero-order valence-electron chi connectivity index (χ0n) is 11.9. The average molecular weight is 272 g/mol. The quantitative estimate of drug-likeness (QED) is 0.931. The number of ether oxygens (including phenoxy) is 2. The third-order valence-electron chi connectivity index (χ3n) is 3.45. The smallest absolute Gasteiger partial charge is 0.221 e. The molecular weight excluding hydrogens is 252 g/mol. The maximum Gasteiger partial charge on any atom is 0.221 e. The molecule has 0 aliphatic carbocycles. The molecule has 0 radical (unpaired) electrons. The fourth-order valence-electron chi connectivity index (χ4n) is 2.54. The second-order valence-corrected chi connectivity index (χ2v) is 5.78. The highest BCUT2D eigenvalue weighted by molar-refractivity contribution is 5.86. The molecule has 2 aromatic rings. The third-order valence-corrected chi connectivity index (χ3v) is 3.45. The first-order chi connectivity index (χ1) is 9.64. The molecule has 3 rings (SSSR count). The maximum absolute atomic E-state index is 5.99. The number of hydrogen-bond donors (Lipinski definition) is 1. The molecule has 1 aromatic heterocycles. The Hall–Kier alpha value is -1.65. The molecule has 1 saturated heterocycles. The molecule has 2 heterocycles. The Morgan fingerprint density at radius 1 is 1.35 bits per heavy atom. The second-order valence-electron chi connectivity index (χ2n) is 5.78. The Morgan fingerprint density at radius 2 is 2.20 bits per heavy atom. The van der Waals surface area contributed by atoms with Crippen molar-refractivity contribution in [1.82, 2.24) is 10.3 Å². The maximum atomic E-state index is 5.99. The highest BCUT2D eigenvalue weighted by atomic mass is 16.6. The topological polar surface area (TPSA) is 43.4 Å². The molecule has 1 aromatic carbocycles. The molecule has 1 aliphatic heterocycles. The number of hydrogen-bond acceptors (Lipinski definition) is 4. The first-order valence-electron chi connectivity index (χ1n) is 6.99. The van der Waals surface area contributed by atoms with Crippen LogP contribution in [0.1, 0.15) is 13.8 Å². The Balaban J connectivity index is 1.71. The molecule has 4 nitrogen and oxygen atoms in total. The van der Waals surface area contributed by atoms with Crippen LogP contribution in [0.4, 0.5) is 0 Å². The van der Waals surface area contributed by atoms with Gasteiger partial charge in [-0.25, -0.2) is 4.98 Å². The van der Waals surface area contributed by atoms with Crippen molar-refractivity contribution in [2.75, 3.05) is 19.7 Å². The molecule has 1 aliphatic rings. The van der Waals surface area contributed by atoms with E-state index in [4.69, 9.17) is 9.47 Å². The highest BCUT2D eigenvalue weighted by Crippen LogP contribution is 2.23. The number of morpholine rings is 1. The number of benzene rings is 1. The number of fused-ring (bicyclic) bond motifs is 1. The normalized spacial score (nSPS) is 21.8. The van der Waals surface area contributed by atoms with Gasteiger partial charge in [-0.3, -0.25) is 0 Å². The van der Waals surface area contributed by atoms with Gasteiger partial charge in [-0.15, -0.1) is 0 Å². The van der Waals surface area contributed by atoms with Crippen LogP contribution in [0.2, 0.25) is 0 Å². The lowest BCUT2D eigenvalue weighted by molar-refractivity contribution is -0.107. The summed E-state index contributed by atoms with van der Waals surface area (Å²) < 4.78 is 11.9. The lowest BCUT2D eigenvalue weighted by Crippen LogP contribution is -2.52. The summed E-state index contributed by atoms with van der Waals surface area (Å²) in [5.74, 6) is 0.676. The van der Waals surface area contributed by atoms with E-state index in [1.165, 1.54) is 0 Å². The summed E-state index contributed by atoms with van der Waals surface area (Å²) in [6.45, 7) is 6.37. The molecule has 1 fully saturated rings. The van der Waals surface area contributed by atoms with Crippen LogP contribution in [0.15, 0.2) is 36.5 Å². The molecule has 0 amide bonds. The van der Waals surface area contributed by atoms with Gasteiger partial charge in [0.25, 0.3) is 0 Å². The van der Waals surface area contributed by atoms with Crippen molar-refractivity contribution in [1.29, 1.82) is 0 Å². The summed E-state index contributed by atoms with van der Waals surface area (Å²) in [5, 5.41) is 5.55. The predicted molar refractivity (Wildman–Crippen MR) is 79.1 cm³/mol. The molecule has 0 spiro atoms. The van der Waals surface area contributed by atoms with Crippen LogP contribution >= 0.6 is 0 Å². The van der Waals surface area contributed by atoms with Gasteiger partial charge >= 0.3 is 0 Å². The van der Waals surface area contributed by atoms with E-state index in [9.17, 15) is 0 Å². The van der Waals surface area contributed by atoms with Crippen LogP contribution in [-0.4, -0.2) is 36.4 Å².